The summed E-state index contributed by atoms with van der Waals surface area (Å²) in [5, 5.41) is 32.4. The van der Waals surface area contributed by atoms with Crippen LogP contribution in [0, 0.1) is 23.7 Å². The second-order valence-electron chi connectivity index (χ2n) is 9.24. The molecule has 27 heavy (non-hydrogen) atoms. The van der Waals surface area contributed by atoms with Crippen molar-refractivity contribution < 1.29 is 29.6 Å². The second kappa shape index (κ2) is 9.01. The number of hydrogen-bond donors (Lipinski definition) is 3. The van der Waals surface area contributed by atoms with Crippen LogP contribution in [0.3, 0.4) is 0 Å². The molecule has 0 radical (unpaired) electrons. The van der Waals surface area contributed by atoms with E-state index in [4.69, 9.17) is 4.74 Å². The molecule has 0 saturated carbocycles. The number of aliphatic hydroxyl groups is 3. The van der Waals surface area contributed by atoms with Crippen molar-refractivity contribution in [3.8, 4) is 0 Å². The fourth-order valence-corrected chi connectivity index (χ4v) is 4.55. The highest BCUT2D eigenvalue weighted by Crippen LogP contribution is 2.33. The highest BCUT2D eigenvalue weighted by Gasteiger charge is 2.46. The van der Waals surface area contributed by atoms with E-state index in [-0.39, 0.29) is 18.1 Å². The smallest absolute Gasteiger partial charge is 0.309 e. The first-order chi connectivity index (χ1) is 12.2. The van der Waals surface area contributed by atoms with Crippen LogP contribution in [0.25, 0.3) is 0 Å². The number of carbonyl (C=O) groups excluding carboxylic acids is 2. The lowest BCUT2D eigenvalue weighted by Gasteiger charge is -2.40. The van der Waals surface area contributed by atoms with Crippen LogP contribution in [0.15, 0.2) is 0 Å². The number of ketones is 1. The van der Waals surface area contributed by atoms with Crippen LogP contribution in [-0.2, 0) is 14.3 Å². The van der Waals surface area contributed by atoms with E-state index in [1.165, 1.54) is 6.92 Å². The number of Topliss-reactive ketones (excluding diaryl/α,β-unsaturated/α-hetero) is 1. The maximum Gasteiger partial charge on any atom is 0.309 e. The Hall–Kier alpha value is -0.980. The first-order valence-electron chi connectivity index (χ1n) is 10.1. The molecular weight excluding hydrogens is 348 g/mol. The van der Waals surface area contributed by atoms with Gasteiger partial charge in [-0.2, -0.15) is 0 Å². The average Bonchev–Trinajstić information content (AvgIpc) is 2.54. The second-order valence-corrected chi connectivity index (χ2v) is 9.24. The van der Waals surface area contributed by atoms with E-state index in [1.54, 1.807) is 34.6 Å². The molecule has 3 N–H and O–H groups in total. The topological polar surface area (TPSA) is 104 Å². The van der Waals surface area contributed by atoms with Gasteiger partial charge in [-0.1, -0.05) is 34.6 Å². The summed E-state index contributed by atoms with van der Waals surface area (Å²) >= 11 is 0. The lowest BCUT2D eigenvalue weighted by molar-refractivity contribution is -0.190. The maximum absolute atomic E-state index is 12.8. The summed E-state index contributed by atoms with van der Waals surface area (Å²) in [5.41, 5.74) is -2.81. The van der Waals surface area contributed by atoms with Crippen molar-refractivity contribution in [3.05, 3.63) is 0 Å². The number of ether oxygens (including phenoxy) is 1. The number of rotatable bonds is 1. The van der Waals surface area contributed by atoms with E-state index in [0.717, 1.165) is 0 Å². The normalized spacial score (nSPS) is 45.9. The average molecular weight is 387 g/mol. The summed E-state index contributed by atoms with van der Waals surface area (Å²) in [5.74, 6) is -2.30. The number of hydrogen-bond acceptors (Lipinski definition) is 6. The summed E-state index contributed by atoms with van der Waals surface area (Å²) in [4.78, 5) is 25.3. The van der Waals surface area contributed by atoms with Crippen molar-refractivity contribution in [3.63, 3.8) is 0 Å². The van der Waals surface area contributed by atoms with Gasteiger partial charge in [0, 0.05) is 11.8 Å². The predicted molar refractivity (Wildman–Crippen MR) is 103 cm³/mol. The van der Waals surface area contributed by atoms with E-state index in [1.807, 2.05) is 6.92 Å². The van der Waals surface area contributed by atoms with Gasteiger partial charge in [0.15, 0.2) is 0 Å². The number of aliphatic hydroxyl groups excluding tert-OH is 1. The lowest BCUT2D eigenvalue weighted by Crippen LogP contribution is -2.55. The van der Waals surface area contributed by atoms with Crippen molar-refractivity contribution in [2.24, 2.45) is 23.7 Å². The summed E-state index contributed by atoms with van der Waals surface area (Å²) < 4.78 is 5.53. The molecule has 158 valence electrons. The number of carbonyl (C=O) groups is 2. The van der Waals surface area contributed by atoms with Crippen molar-refractivity contribution >= 4 is 11.8 Å². The summed E-state index contributed by atoms with van der Waals surface area (Å²) in [7, 11) is 0. The highest BCUT2D eigenvalue weighted by molar-refractivity contribution is 5.83. The number of cyclic esters (lactones) is 1. The minimum absolute atomic E-state index is 0.0661. The molecule has 0 aromatic rings. The Morgan fingerprint density at radius 3 is 2.11 bits per heavy atom. The third kappa shape index (κ3) is 6.00. The molecule has 1 saturated heterocycles. The predicted octanol–water partition coefficient (Wildman–Crippen LogP) is 2.47. The molecule has 0 spiro atoms. The largest absolute Gasteiger partial charge is 0.459 e. The standard InChI is InChI=1S/C21H38O6/c1-8-16-21(7,26)18(23)15(5)17(22)14(4)11-20(6,25)10-12(2)9-13(3)19(24)27-16/h12-16,18,23,25-26H,8-11H2,1-7H3/t12-,13+,14+,15-,16+,18+,20-,21+/m0/s1. The number of esters is 1. The van der Waals surface area contributed by atoms with Crippen LogP contribution in [0.2, 0.25) is 0 Å². The molecule has 1 fully saturated rings. The molecule has 1 heterocycles. The molecule has 1 aliphatic heterocycles. The van der Waals surface area contributed by atoms with Gasteiger partial charge in [-0.3, -0.25) is 9.59 Å². The Morgan fingerprint density at radius 1 is 1.04 bits per heavy atom. The Bertz CT molecular complexity index is 527. The fourth-order valence-electron chi connectivity index (χ4n) is 4.55. The third-order valence-electron chi connectivity index (χ3n) is 5.98. The molecular formula is C21H38O6. The van der Waals surface area contributed by atoms with Crippen LogP contribution in [0.5, 0.6) is 0 Å². The van der Waals surface area contributed by atoms with E-state index < -0.39 is 47.1 Å². The Morgan fingerprint density at radius 2 is 1.59 bits per heavy atom. The zero-order valence-corrected chi connectivity index (χ0v) is 17.9. The van der Waals surface area contributed by atoms with Gasteiger partial charge in [0.25, 0.3) is 0 Å². The van der Waals surface area contributed by atoms with Gasteiger partial charge >= 0.3 is 5.97 Å². The zero-order chi connectivity index (χ0) is 21.2. The molecule has 0 amide bonds. The molecule has 0 aliphatic carbocycles. The maximum atomic E-state index is 12.8. The van der Waals surface area contributed by atoms with Gasteiger partial charge in [-0.25, -0.2) is 0 Å². The van der Waals surface area contributed by atoms with Crippen LogP contribution in [0.4, 0.5) is 0 Å². The Balaban J connectivity index is 3.25. The minimum Gasteiger partial charge on any atom is -0.459 e. The third-order valence-corrected chi connectivity index (χ3v) is 5.98. The monoisotopic (exact) mass is 386 g/mol. The Labute approximate surface area is 163 Å². The van der Waals surface area contributed by atoms with Gasteiger partial charge in [-0.15, -0.1) is 0 Å². The molecule has 1 rings (SSSR count). The molecule has 8 atom stereocenters. The van der Waals surface area contributed by atoms with Crippen LogP contribution < -0.4 is 0 Å². The van der Waals surface area contributed by atoms with E-state index in [0.29, 0.717) is 19.3 Å². The van der Waals surface area contributed by atoms with E-state index in [9.17, 15) is 24.9 Å². The van der Waals surface area contributed by atoms with Crippen molar-refractivity contribution in [1.29, 1.82) is 0 Å². The quantitative estimate of drug-likeness (QED) is 0.598. The van der Waals surface area contributed by atoms with Crippen molar-refractivity contribution in [2.45, 2.75) is 97.6 Å². The minimum atomic E-state index is -1.75. The first-order valence-corrected chi connectivity index (χ1v) is 10.1. The van der Waals surface area contributed by atoms with Gasteiger partial charge in [-0.05, 0) is 45.4 Å². The molecule has 0 unspecified atom stereocenters. The highest BCUT2D eigenvalue weighted by atomic mass is 16.6. The molecule has 6 nitrogen and oxygen atoms in total. The van der Waals surface area contributed by atoms with Crippen LogP contribution >= 0.6 is 0 Å². The van der Waals surface area contributed by atoms with E-state index >= 15 is 0 Å². The van der Waals surface area contributed by atoms with Crippen LogP contribution in [-0.4, -0.2) is 50.5 Å². The molecule has 0 aromatic carbocycles. The van der Waals surface area contributed by atoms with Gasteiger partial charge in [0.1, 0.15) is 17.5 Å². The molecule has 0 aromatic heterocycles. The SMILES string of the molecule is CC[C@H]1OC(=O)[C@H](C)C[C@H](C)C[C@](C)(O)C[C@@H](C)C(=O)[C@H](C)[C@@H](O)[C@]1(C)O. The summed E-state index contributed by atoms with van der Waals surface area (Å²) in [6.45, 7) is 11.9. The first kappa shape index (κ1) is 24.1. The van der Waals surface area contributed by atoms with E-state index in [2.05, 4.69) is 0 Å². The van der Waals surface area contributed by atoms with Crippen molar-refractivity contribution in [1.82, 2.24) is 0 Å². The molecule has 1 aliphatic rings. The van der Waals surface area contributed by atoms with Gasteiger partial charge in [0.2, 0.25) is 0 Å². The summed E-state index contributed by atoms with van der Waals surface area (Å²) in [6, 6.07) is 0. The lowest BCUT2D eigenvalue weighted by atomic mass is 9.76. The van der Waals surface area contributed by atoms with Crippen LogP contribution in [0.1, 0.15) is 74.1 Å². The summed E-state index contributed by atoms with van der Waals surface area (Å²) in [6.07, 6.45) is -0.695. The van der Waals surface area contributed by atoms with Crippen molar-refractivity contribution in [2.75, 3.05) is 0 Å². The fraction of sp³-hybridized carbons (Fsp3) is 0.905. The molecule has 6 heteroatoms. The Kier molecular flexibility index (Phi) is 8.03. The zero-order valence-electron chi connectivity index (χ0n) is 17.9. The van der Waals surface area contributed by atoms with Gasteiger partial charge < -0.3 is 20.1 Å². The van der Waals surface area contributed by atoms with Gasteiger partial charge in [0.05, 0.1) is 17.6 Å². The molecule has 0 bridgehead atoms.